The maximum absolute atomic E-state index is 11.5. The molecule has 0 saturated carbocycles. The normalized spacial score (nSPS) is 11.9. The molecule has 10 heavy (non-hydrogen) atoms. The van der Waals surface area contributed by atoms with E-state index in [1.54, 1.807) is 0 Å². The lowest BCUT2D eigenvalue weighted by atomic mass is 10.4. The maximum atomic E-state index is 11.5. The first-order chi connectivity index (χ1) is 4.58. The van der Waals surface area contributed by atoms with Gasteiger partial charge in [0.25, 0.3) is 0 Å². The van der Waals surface area contributed by atoms with E-state index in [1.807, 2.05) is 0 Å². The Balaban J connectivity index is 2.57. The molecule has 0 aliphatic carbocycles. The molecular weight excluding hydrogens is 165 g/mol. The lowest BCUT2D eigenvalue weighted by Crippen LogP contribution is -2.11. The van der Waals surface area contributed by atoms with Crippen LogP contribution in [-0.2, 0) is 6.42 Å². The summed E-state index contributed by atoms with van der Waals surface area (Å²) in [5.74, 6) is 0. The van der Waals surface area contributed by atoms with Gasteiger partial charge >= 0.3 is 6.18 Å². The van der Waals surface area contributed by atoms with Crippen molar-refractivity contribution >= 4 is 11.3 Å². The monoisotopic (exact) mass is 167 g/mol. The fourth-order valence-corrected chi connectivity index (χ4v) is 0.917. The van der Waals surface area contributed by atoms with Crippen molar-refractivity contribution in [2.45, 2.75) is 12.6 Å². The Bertz CT molecular complexity index is 193. The summed E-state index contributed by atoms with van der Waals surface area (Å²) < 4.78 is 34.6. The number of nitrogens with zero attached hydrogens (tertiary/aromatic N) is 2. The molecule has 1 aromatic rings. The molecule has 1 radical (unpaired) electrons. The van der Waals surface area contributed by atoms with Crippen molar-refractivity contribution < 1.29 is 13.2 Å². The van der Waals surface area contributed by atoms with Gasteiger partial charge in [0.2, 0.25) is 0 Å². The molecule has 0 unspecified atom stereocenters. The van der Waals surface area contributed by atoms with E-state index in [0.717, 1.165) is 11.3 Å². The Morgan fingerprint density at radius 1 is 1.50 bits per heavy atom. The van der Waals surface area contributed by atoms with Gasteiger partial charge in [0.1, 0.15) is 5.01 Å². The van der Waals surface area contributed by atoms with Crippen LogP contribution >= 0.6 is 11.3 Å². The second-order valence-corrected chi connectivity index (χ2v) is 2.44. The summed E-state index contributed by atoms with van der Waals surface area (Å²) in [5.41, 5.74) is 2.23. The minimum absolute atomic E-state index is 0.0486. The zero-order valence-corrected chi connectivity index (χ0v) is 5.46. The van der Waals surface area contributed by atoms with Crippen LogP contribution in [0.1, 0.15) is 5.01 Å². The van der Waals surface area contributed by atoms with E-state index in [4.69, 9.17) is 0 Å². The number of hydrogen-bond acceptors (Lipinski definition) is 3. The van der Waals surface area contributed by atoms with Crippen LogP contribution in [0.2, 0.25) is 0 Å². The molecule has 0 aromatic carbocycles. The SMILES string of the molecule is FC(F)(F)Cc1nn[c]s1. The van der Waals surface area contributed by atoms with Gasteiger partial charge in [-0.1, -0.05) is 11.3 Å². The molecule has 0 bridgehead atoms. The Morgan fingerprint density at radius 3 is 2.60 bits per heavy atom. The molecule has 0 atom stereocenters. The summed E-state index contributed by atoms with van der Waals surface area (Å²) in [6, 6.07) is 0. The molecule has 0 aliphatic heterocycles. The summed E-state index contributed by atoms with van der Waals surface area (Å²) >= 11 is 0.783. The Morgan fingerprint density at radius 2 is 2.20 bits per heavy atom. The lowest BCUT2D eigenvalue weighted by Gasteiger charge is -2.00. The van der Waals surface area contributed by atoms with Crippen LogP contribution in [0, 0.1) is 5.51 Å². The molecule has 6 heteroatoms. The van der Waals surface area contributed by atoms with Gasteiger partial charge in [-0.25, -0.2) is 0 Å². The maximum Gasteiger partial charge on any atom is 0.395 e. The van der Waals surface area contributed by atoms with Crippen LogP contribution in [0.4, 0.5) is 13.2 Å². The fraction of sp³-hybridized carbons (Fsp3) is 0.500. The van der Waals surface area contributed by atoms with Gasteiger partial charge < -0.3 is 0 Å². The molecule has 2 nitrogen and oxygen atoms in total. The molecule has 0 amide bonds. The first-order valence-corrected chi connectivity index (χ1v) is 3.15. The average Bonchev–Trinajstić information content (AvgIpc) is 2.12. The van der Waals surface area contributed by atoms with Gasteiger partial charge in [0.15, 0.2) is 5.51 Å². The Kier molecular flexibility index (Phi) is 1.89. The number of aromatic nitrogens is 2. The van der Waals surface area contributed by atoms with Crippen LogP contribution < -0.4 is 0 Å². The van der Waals surface area contributed by atoms with Crippen molar-refractivity contribution in [2.24, 2.45) is 0 Å². The molecule has 1 rings (SSSR count). The molecule has 0 N–H and O–H groups in total. The van der Waals surface area contributed by atoms with E-state index in [2.05, 4.69) is 15.7 Å². The van der Waals surface area contributed by atoms with Gasteiger partial charge in [0.05, 0.1) is 6.42 Å². The van der Waals surface area contributed by atoms with E-state index in [-0.39, 0.29) is 5.01 Å². The first-order valence-electron chi connectivity index (χ1n) is 2.33. The van der Waals surface area contributed by atoms with Crippen LogP contribution in [0.5, 0.6) is 0 Å². The van der Waals surface area contributed by atoms with Crippen LogP contribution in [0.25, 0.3) is 0 Å². The van der Waals surface area contributed by atoms with Crippen molar-refractivity contribution in [3.8, 4) is 0 Å². The Hall–Kier alpha value is -0.650. The van der Waals surface area contributed by atoms with Gasteiger partial charge in [-0.15, -0.1) is 10.2 Å². The van der Waals surface area contributed by atoms with E-state index in [0.29, 0.717) is 0 Å². The topological polar surface area (TPSA) is 25.8 Å². The summed E-state index contributed by atoms with van der Waals surface area (Å²) in [4.78, 5) is 0. The number of alkyl halides is 3. The van der Waals surface area contributed by atoms with E-state index >= 15 is 0 Å². The Labute approximate surface area is 58.7 Å². The zero-order valence-electron chi connectivity index (χ0n) is 4.64. The highest BCUT2D eigenvalue weighted by atomic mass is 32.1. The molecule has 0 saturated heterocycles. The highest BCUT2D eigenvalue weighted by Gasteiger charge is 2.29. The standard InChI is InChI=1S/C4H2F3N2S/c5-4(6,7)1-3-9-8-2-10-3/h1H2. The number of hydrogen-bond donors (Lipinski definition) is 0. The van der Waals surface area contributed by atoms with Crippen molar-refractivity contribution in [3.63, 3.8) is 0 Å². The molecule has 0 spiro atoms. The predicted molar refractivity (Wildman–Crippen MR) is 28.5 cm³/mol. The van der Waals surface area contributed by atoms with Crippen LogP contribution in [-0.4, -0.2) is 16.4 Å². The highest BCUT2D eigenvalue weighted by Crippen LogP contribution is 2.21. The molecule has 0 fully saturated rings. The minimum atomic E-state index is -4.19. The van der Waals surface area contributed by atoms with Crippen LogP contribution in [0.3, 0.4) is 0 Å². The first kappa shape index (κ1) is 7.46. The third-order valence-electron chi connectivity index (χ3n) is 0.717. The molecule has 1 aromatic heterocycles. The quantitative estimate of drug-likeness (QED) is 0.632. The van der Waals surface area contributed by atoms with Crippen molar-refractivity contribution in [1.29, 1.82) is 0 Å². The van der Waals surface area contributed by atoms with Crippen molar-refractivity contribution in [2.75, 3.05) is 0 Å². The zero-order chi connectivity index (χ0) is 7.61. The minimum Gasteiger partial charge on any atom is -0.171 e. The number of halogens is 3. The van der Waals surface area contributed by atoms with Gasteiger partial charge in [-0.2, -0.15) is 13.2 Å². The fourth-order valence-electron chi connectivity index (χ4n) is 0.413. The summed E-state index contributed by atoms with van der Waals surface area (Å²) in [6.07, 6.45) is -5.19. The largest absolute Gasteiger partial charge is 0.395 e. The third kappa shape index (κ3) is 2.30. The molecule has 1 heterocycles. The number of rotatable bonds is 1. The molecular formula is C4H2F3N2S. The summed E-state index contributed by atoms with van der Waals surface area (Å²) in [6.45, 7) is 0. The second-order valence-electron chi connectivity index (χ2n) is 1.58. The van der Waals surface area contributed by atoms with E-state index in [9.17, 15) is 13.2 Å². The average molecular weight is 167 g/mol. The lowest BCUT2D eigenvalue weighted by molar-refractivity contribution is -0.127. The smallest absolute Gasteiger partial charge is 0.171 e. The van der Waals surface area contributed by atoms with Crippen LogP contribution in [0.15, 0.2) is 0 Å². The molecule has 55 valence electrons. The second kappa shape index (κ2) is 2.53. The third-order valence-corrected chi connectivity index (χ3v) is 1.35. The van der Waals surface area contributed by atoms with Gasteiger partial charge in [0, 0.05) is 0 Å². The summed E-state index contributed by atoms with van der Waals surface area (Å²) in [5, 5.41) is 6.30. The van der Waals surface area contributed by atoms with Crippen molar-refractivity contribution in [1.82, 2.24) is 10.2 Å². The van der Waals surface area contributed by atoms with Gasteiger partial charge in [-0.05, 0) is 0 Å². The van der Waals surface area contributed by atoms with E-state index < -0.39 is 12.6 Å². The summed E-state index contributed by atoms with van der Waals surface area (Å²) in [7, 11) is 0. The van der Waals surface area contributed by atoms with Crippen molar-refractivity contribution in [3.05, 3.63) is 10.5 Å². The predicted octanol–water partition coefficient (Wildman–Crippen LogP) is 1.44. The van der Waals surface area contributed by atoms with Gasteiger partial charge in [-0.3, -0.25) is 0 Å². The molecule has 0 aliphatic rings. The van der Waals surface area contributed by atoms with E-state index in [1.165, 1.54) is 0 Å². The highest BCUT2D eigenvalue weighted by molar-refractivity contribution is 7.08.